The number of aliphatic carboxylic acids is 1. The van der Waals surface area contributed by atoms with E-state index in [2.05, 4.69) is 20.3 Å². The summed E-state index contributed by atoms with van der Waals surface area (Å²) in [5.41, 5.74) is 7.94. The number of carbonyl (C=O) groups is 2. The molecule has 2 aromatic heterocycles. The zero-order chi connectivity index (χ0) is 30.7. The number of carboxylic acid groups (broad SMARTS) is 1. The summed E-state index contributed by atoms with van der Waals surface area (Å²) in [5, 5.41) is 17.9. The maximum atomic E-state index is 12.0. The molecule has 0 fully saturated rings. The third kappa shape index (κ3) is 12.5. The number of unbranched alkanes of at least 4 members (excludes halogenated alkanes) is 1. The Morgan fingerprint density at radius 2 is 1.77 bits per heavy atom. The highest BCUT2D eigenvalue weighted by atomic mass is 16.5. The van der Waals surface area contributed by atoms with Crippen LogP contribution in [0.5, 0.6) is 0 Å². The van der Waals surface area contributed by atoms with Gasteiger partial charge in [0.05, 0.1) is 18.7 Å². The van der Waals surface area contributed by atoms with Gasteiger partial charge < -0.3 is 30.4 Å². The molecule has 12 nitrogen and oxygen atoms in total. The molecule has 0 saturated carbocycles. The van der Waals surface area contributed by atoms with E-state index in [1.165, 1.54) is 13.3 Å². The number of amides is 1. The summed E-state index contributed by atoms with van der Waals surface area (Å²) in [4.78, 5) is 38.3. The number of amidine groups is 1. The van der Waals surface area contributed by atoms with Crippen molar-refractivity contribution in [2.45, 2.75) is 80.0 Å². The van der Waals surface area contributed by atoms with E-state index in [9.17, 15) is 14.7 Å². The van der Waals surface area contributed by atoms with Crippen LogP contribution < -0.4 is 16.0 Å². The summed E-state index contributed by atoms with van der Waals surface area (Å²) in [6.45, 7) is 12.1. The van der Waals surface area contributed by atoms with Crippen molar-refractivity contribution in [2.75, 3.05) is 19.0 Å². The molecule has 1 amide bonds. The molecular weight excluding hydrogens is 512 g/mol. The fourth-order valence-corrected chi connectivity index (χ4v) is 3.32. The molecule has 0 spiro atoms. The Morgan fingerprint density at radius 3 is 2.35 bits per heavy atom. The molecule has 3 aromatic rings. The van der Waals surface area contributed by atoms with Gasteiger partial charge in [0.25, 0.3) is 0 Å². The van der Waals surface area contributed by atoms with Crippen molar-refractivity contribution in [1.82, 2.24) is 24.8 Å². The molecule has 0 radical (unpaired) electrons. The second-order valence-electron chi connectivity index (χ2n) is 8.39. The predicted octanol–water partition coefficient (Wildman–Crippen LogP) is 4.80. The highest BCUT2D eigenvalue weighted by Gasteiger charge is 2.20. The maximum Gasteiger partial charge on any atom is 0.408 e. The number of nitrogens with two attached hydrogens (primary N) is 1. The third-order valence-corrected chi connectivity index (χ3v) is 4.96. The van der Waals surface area contributed by atoms with Gasteiger partial charge in [-0.2, -0.15) is 0 Å². The Hall–Kier alpha value is -4.22. The molecular formula is C28H46N8O4. The van der Waals surface area contributed by atoms with E-state index < -0.39 is 18.1 Å². The molecule has 3 rings (SSSR count). The minimum Gasteiger partial charge on any atom is -0.480 e. The molecule has 1 unspecified atom stereocenters. The first-order valence-corrected chi connectivity index (χ1v) is 13.5. The van der Waals surface area contributed by atoms with Gasteiger partial charge in [-0.3, -0.25) is 5.41 Å². The van der Waals surface area contributed by atoms with E-state index >= 15 is 0 Å². The summed E-state index contributed by atoms with van der Waals surface area (Å²) in [7, 11) is 3.81. The first kappa shape index (κ1) is 35.8. The van der Waals surface area contributed by atoms with E-state index in [1.807, 2.05) is 82.4 Å². The van der Waals surface area contributed by atoms with Gasteiger partial charge in [0.1, 0.15) is 19.0 Å². The monoisotopic (exact) mass is 558 g/mol. The summed E-state index contributed by atoms with van der Waals surface area (Å²) >= 11 is 0. The van der Waals surface area contributed by atoms with Crippen LogP contribution >= 0.6 is 0 Å². The number of alkyl carbamates (subject to hydrolysis) is 1. The van der Waals surface area contributed by atoms with Gasteiger partial charge in [0.2, 0.25) is 0 Å². The van der Waals surface area contributed by atoms with Gasteiger partial charge in [-0.05, 0) is 24.5 Å². The maximum absolute atomic E-state index is 12.0. The second-order valence-corrected chi connectivity index (χ2v) is 8.39. The van der Waals surface area contributed by atoms with Crippen molar-refractivity contribution < 1.29 is 19.4 Å². The number of anilines is 1. The van der Waals surface area contributed by atoms with Crippen molar-refractivity contribution in [1.29, 1.82) is 5.41 Å². The van der Waals surface area contributed by atoms with Gasteiger partial charge in [-0.15, -0.1) is 0 Å². The van der Waals surface area contributed by atoms with Gasteiger partial charge >= 0.3 is 12.1 Å². The minimum absolute atomic E-state index is 0.0391. The SMILES string of the molecule is CC.CC.CC(=N)N.CCCCC(NC(=O)OCc1cccc(Cn2cnc3c(N(C)C)ncnc32)c1)C(=O)O. The van der Waals surface area contributed by atoms with Crippen LogP contribution in [0.3, 0.4) is 0 Å². The Kier molecular flexibility index (Phi) is 17.7. The molecule has 12 heteroatoms. The highest BCUT2D eigenvalue weighted by Crippen LogP contribution is 2.20. The number of imidazole rings is 1. The molecule has 0 aliphatic rings. The van der Waals surface area contributed by atoms with Crippen molar-refractivity contribution in [3.8, 4) is 0 Å². The zero-order valence-corrected chi connectivity index (χ0v) is 25.1. The summed E-state index contributed by atoms with van der Waals surface area (Å²) in [5.74, 6) is -0.147. The lowest BCUT2D eigenvalue weighted by atomic mass is 10.1. The lowest BCUT2D eigenvalue weighted by Crippen LogP contribution is -2.40. The van der Waals surface area contributed by atoms with E-state index in [-0.39, 0.29) is 12.4 Å². The average Bonchev–Trinajstić information content (AvgIpc) is 3.34. The molecule has 5 N–H and O–H groups in total. The Labute approximate surface area is 237 Å². The molecule has 0 bridgehead atoms. The largest absolute Gasteiger partial charge is 0.480 e. The number of fused-ring (bicyclic) bond motifs is 1. The van der Waals surface area contributed by atoms with Crippen LogP contribution in [0, 0.1) is 5.41 Å². The molecule has 0 aliphatic carbocycles. The normalized spacial score (nSPS) is 10.4. The lowest BCUT2D eigenvalue weighted by Gasteiger charge is -2.14. The van der Waals surface area contributed by atoms with Crippen LogP contribution in [-0.4, -0.2) is 62.7 Å². The zero-order valence-electron chi connectivity index (χ0n) is 25.1. The fraction of sp³-hybridized carbons (Fsp3) is 0.500. The number of rotatable bonds is 10. The third-order valence-electron chi connectivity index (χ3n) is 4.96. The minimum atomic E-state index is -1.06. The van der Waals surface area contributed by atoms with E-state index in [1.54, 1.807) is 6.33 Å². The van der Waals surface area contributed by atoms with Crippen LogP contribution in [-0.2, 0) is 22.7 Å². The van der Waals surface area contributed by atoms with Crippen LogP contribution in [0.2, 0.25) is 0 Å². The van der Waals surface area contributed by atoms with E-state index in [0.29, 0.717) is 19.4 Å². The molecule has 1 atom stereocenters. The van der Waals surface area contributed by atoms with Crippen molar-refractivity contribution in [3.05, 3.63) is 48.0 Å². The molecule has 1 aromatic carbocycles. The van der Waals surface area contributed by atoms with Gasteiger partial charge in [-0.25, -0.2) is 24.5 Å². The Bertz CT molecular complexity index is 1180. The molecule has 0 saturated heterocycles. The smallest absolute Gasteiger partial charge is 0.408 e. The molecule has 40 heavy (non-hydrogen) atoms. The molecule has 222 valence electrons. The number of hydrogen-bond acceptors (Lipinski definition) is 8. The first-order valence-electron chi connectivity index (χ1n) is 13.5. The number of nitrogens with zero attached hydrogens (tertiary/aromatic N) is 5. The van der Waals surface area contributed by atoms with Crippen molar-refractivity contribution >= 4 is 34.9 Å². The molecule has 0 aliphatic heterocycles. The quantitative estimate of drug-likeness (QED) is 0.201. The number of carbonyl (C=O) groups excluding carboxylic acids is 1. The van der Waals surface area contributed by atoms with E-state index in [4.69, 9.17) is 15.9 Å². The second kappa shape index (κ2) is 19.8. The summed E-state index contributed by atoms with van der Waals surface area (Å²) < 4.78 is 7.16. The lowest BCUT2D eigenvalue weighted by molar-refractivity contribution is -0.139. The van der Waals surface area contributed by atoms with Crippen molar-refractivity contribution in [3.63, 3.8) is 0 Å². The number of aromatic nitrogens is 4. The standard InChI is InChI=1S/C22H28N6O4.C2H6N2.2C2H6/c1-4-5-9-17(21(29)30)26-22(31)32-12-16-8-6-7-15(10-16)11-28-14-25-18-19(27(2)3)23-13-24-20(18)28;1-2(3)4;2*1-2/h6-8,10,13-14,17H,4-5,9,11-12H2,1-3H3,(H,26,31)(H,29,30);1H3,(H3,3,4);2*1-2H3. The Morgan fingerprint density at radius 1 is 1.15 bits per heavy atom. The van der Waals surface area contributed by atoms with Crippen LogP contribution in [0.15, 0.2) is 36.9 Å². The first-order chi connectivity index (χ1) is 19.1. The average molecular weight is 559 g/mol. The number of nitrogens with one attached hydrogen (secondary N) is 2. The van der Waals surface area contributed by atoms with Gasteiger partial charge in [0.15, 0.2) is 17.0 Å². The predicted molar refractivity (Wildman–Crippen MR) is 160 cm³/mol. The van der Waals surface area contributed by atoms with Crippen LogP contribution in [0.1, 0.15) is 71.9 Å². The molecule has 2 heterocycles. The fourth-order valence-electron chi connectivity index (χ4n) is 3.32. The number of ether oxygens (including phenoxy) is 1. The summed E-state index contributed by atoms with van der Waals surface area (Å²) in [6.07, 6.45) is 4.43. The number of benzene rings is 1. The van der Waals surface area contributed by atoms with Crippen molar-refractivity contribution in [2.24, 2.45) is 5.73 Å². The summed E-state index contributed by atoms with van der Waals surface area (Å²) in [6, 6.07) is 6.68. The van der Waals surface area contributed by atoms with Crippen LogP contribution in [0.4, 0.5) is 10.6 Å². The number of hydrogen-bond donors (Lipinski definition) is 4. The van der Waals surface area contributed by atoms with Crippen LogP contribution in [0.25, 0.3) is 11.2 Å². The highest BCUT2D eigenvalue weighted by molar-refractivity contribution is 5.83. The number of carboxylic acids is 1. The van der Waals surface area contributed by atoms with Gasteiger partial charge in [-0.1, -0.05) is 71.7 Å². The Balaban J connectivity index is 0.00000171. The topological polar surface area (TPSA) is 172 Å². The van der Waals surface area contributed by atoms with Gasteiger partial charge in [0, 0.05) is 14.1 Å². The van der Waals surface area contributed by atoms with E-state index in [0.717, 1.165) is 34.5 Å².